The lowest BCUT2D eigenvalue weighted by molar-refractivity contribution is 0.140. The van der Waals surface area contributed by atoms with E-state index in [2.05, 4.69) is 25.7 Å². The van der Waals surface area contributed by atoms with Crippen LogP contribution in [0.5, 0.6) is 0 Å². The molecular formula is C11H21NO. The summed E-state index contributed by atoms with van der Waals surface area (Å²) in [4.78, 5) is 2.61. The van der Waals surface area contributed by atoms with Crippen molar-refractivity contribution in [3.63, 3.8) is 0 Å². The van der Waals surface area contributed by atoms with Gasteiger partial charge in [-0.15, -0.1) is 0 Å². The Bertz CT molecular complexity index is 173. The first kappa shape index (κ1) is 9.47. The standard InChI is InChI=1S/C11H21NO/c1-11(2,3)8-12-4-9-6-13-7-10(9)5-12/h9-10H,4-8H2,1-3H3/t9-,10+. The third-order valence-electron chi connectivity index (χ3n) is 3.01. The van der Waals surface area contributed by atoms with Gasteiger partial charge in [-0.25, -0.2) is 0 Å². The van der Waals surface area contributed by atoms with Gasteiger partial charge in [0.2, 0.25) is 0 Å². The van der Waals surface area contributed by atoms with Crippen molar-refractivity contribution in [1.29, 1.82) is 0 Å². The van der Waals surface area contributed by atoms with Gasteiger partial charge in [0.15, 0.2) is 0 Å². The summed E-state index contributed by atoms with van der Waals surface area (Å²) >= 11 is 0. The van der Waals surface area contributed by atoms with Crippen LogP contribution in [0.4, 0.5) is 0 Å². The van der Waals surface area contributed by atoms with Crippen molar-refractivity contribution < 1.29 is 4.74 Å². The van der Waals surface area contributed by atoms with Crippen LogP contribution in [-0.4, -0.2) is 37.7 Å². The molecule has 0 saturated carbocycles. The maximum absolute atomic E-state index is 5.46. The molecule has 2 nitrogen and oxygen atoms in total. The Labute approximate surface area is 81.3 Å². The van der Waals surface area contributed by atoms with Crippen LogP contribution in [0.25, 0.3) is 0 Å². The van der Waals surface area contributed by atoms with Crippen molar-refractivity contribution in [3.8, 4) is 0 Å². The summed E-state index contributed by atoms with van der Waals surface area (Å²) in [5, 5.41) is 0. The Hall–Kier alpha value is -0.0800. The monoisotopic (exact) mass is 183 g/mol. The number of fused-ring (bicyclic) bond motifs is 1. The number of ether oxygens (including phenoxy) is 1. The number of hydrogen-bond donors (Lipinski definition) is 0. The average Bonchev–Trinajstić information content (AvgIpc) is 2.40. The molecule has 0 spiro atoms. The molecule has 76 valence electrons. The molecule has 2 aliphatic rings. The maximum atomic E-state index is 5.46. The Morgan fingerprint density at radius 2 is 1.69 bits per heavy atom. The second-order valence-electron chi connectivity index (χ2n) is 5.81. The normalized spacial score (nSPS) is 35.3. The fourth-order valence-corrected chi connectivity index (χ4v) is 2.58. The van der Waals surface area contributed by atoms with Crippen molar-refractivity contribution in [1.82, 2.24) is 4.90 Å². The quantitative estimate of drug-likeness (QED) is 0.612. The Kier molecular flexibility index (Phi) is 2.37. The van der Waals surface area contributed by atoms with Gasteiger partial charge in [0.1, 0.15) is 0 Å². The first-order chi connectivity index (χ1) is 6.04. The minimum Gasteiger partial charge on any atom is -0.381 e. The lowest BCUT2D eigenvalue weighted by atomic mass is 9.96. The van der Waals surface area contributed by atoms with Gasteiger partial charge in [0.05, 0.1) is 13.2 Å². The minimum atomic E-state index is 0.444. The first-order valence-corrected chi connectivity index (χ1v) is 5.35. The zero-order valence-electron chi connectivity index (χ0n) is 9.05. The highest BCUT2D eigenvalue weighted by atomic mass is 16.5. The van der Waals surface area contributed by atoms with E-state index >= 15 is 0 Å². The summed E-state index contributed by atoms with van der Waals surface area (Å²) in [7, 11) is 0. The van der Waals surface area contributed by atoms with Crippen molar-refractivity contribution in [2.24, 2.45) is 17.3 Å². The molecule has 2 aliphatic heterocycles. The molecule has 0 bridgehead atoms. The summed E-state index contributed by atoms with van der Waals surface area (Å²) in [5.41, 5.74) is 0.444. The van der Waals surface area contributed by atoms with Gasteiger partial charge < -0.3 is 9.64 Å². The molecule has 2 heteroatoms. The van der Waals surface area contributed by atoms with E-state index in [4.69, 9.17) is 4.74 Å². The van der Waals surface area contributed by atoms with Crippen LogP contribution in [0.3, 0.4) is 0 Å². The van der Waals surface area contributed by atoms with Gasteiger partial charge in [-0.05, 0) is 5.41 Å². The molecule has 0 unspecified atom stereocenters. The lowest BCUT2D eigenvalue weighted by Gasteiger charge is -2.26. The van der Waals surface area contributed by atoms with E-state index in [-0.39, 0.29) is 0 Å². The van der Waals surface area contributed by atoms with Crippen molar-refractivity contribution in [3.05, 3.63) is 0 Å². The second kappa shape index (κ2) is 3.25. The Morgan fingerprint density at radius 3 is 2.15 bits per heavy atom. The lowest BCUT2D eigenvalue weighted by Crippen LogP contribution is -2.32. The summed E-state index contributed by atoms with van der Waals surface area (Å²) in [6, 6.07) is 0. The third kappa shape index (κ3) is 2.23. The highest BCUT2D eigenvalue weighted by Crippen LogP contribution is 2.30. The number of hydrogen-bond acceptors (Lipinski definition) is 2. The van der Waals surface area contributed by atoms with Gasteiger partial charge in [0, 0.05) is 31.5 Å². The number of rotatable bonds is 1. The molecule has 0 aromatic rings. The van der Waals surface area contributed by atoms with Gasteiger partial charge in [-0.2, -0.15) is 0 Å². The second-order valence-corrected chi connectivity index (χ2v) is 5.81. The highest BCUT2D eigenvalue weighted by molar-refractivity contribution is 4.88. The molecule has 2 saturated heterocycles. The van der Waals surface area contributed by atoms with E-state index in [0.717, 1.165) is 25.0 Å². The van der Waals surface area contributed by atoms with E-state index in [9.17, 15) is 0 Å². The van der Waals surface area contributed by atoms with E-state index in [0.29, 0.717) is 5.41 Å². The van der Waals surface area contributed by atoms with Crippen molar-refractivity contribution >= 4 is 0 Å². The van der Waals surface area contributed by atoms with Crippen LogP contribution in [0.2, 0.25) is 0 Å². The van der Waals surface area contributed by atoms with Crippen molar-refractivity contribution in [2.45, 2.75) is 20.8 Å². The number of nitrogens with zero attached hydrogens (tertiary/aromatic N) is 1. The van der Waals surface area contributed by atoms with Crippen LogP contribution in [0.1, 0.15) is 20.8 Å². The predicted octanol–water partition coefficient (Wildman–Crippen LogP) is 1.61. The fraction of sp³-hybridized carbons (Fsp3) is 1.00. The largest absolute Gasteiger partial charge is 0.381 e. The van der Waals surface area contributed by atoms with E-state index in [1.165, 1.54) is 19.6 Å². The Balaban J connectivity index is 1.85. The van der Waals surface area contributed by atoms with E-state index in [1.807, 2.05) is 0 Å². The SMILES string of the molecule is CC(C)(C)CN1C[C@H]2COC[C@H]2C1. The maximum Gasteiger partial charge on any atom is 0.0510 e. The average molecular weight is 183 g/mol. The zero-order chi connectivity index (χ0) is 9.47. The van der Waals surface area contributed by atoms with Gasteiger partial charge in [-0.1, -0.05) is 20.8 Å². The predicted molar refractivity (Wildman–Crippen MR) is 53.7 cm³/mol. The smallest absolute Gasteiger partial charge is 0.0510 e. The molecule has 13 heavy (non-hydrogen) atoms. The number of likely N-dealkylation sites (tertiary alicyclic amines) is 1. The molecule has 2 rings (SSSR count). The van der Waals surface area contributed by atoms with Crippen LogP contribution >= 0.6 is 0 Å². The minimum absolute atomic E-state index is 0.444. The van der Waals surface area contributed by atoms with Crippen LogP contribution in [0.15, 0.2) is 0 Å². The molecule has 0 aromatic carbocycles. The molecule has 0 aromatic heterocycles. The van der Waals surface area contributed by atoms with Gasteiger partial charge in [0.25, 0.3) is 0 Å². The molecule has 0 N–H and O–H groups in total. The topological polar surface area (TPSA) is 12.5 Å². The molecule has 0 amide bonds. The third-order valence-corrected chi connectivity index (χ3v) is 3.01. The van der Waals surface area contributed by atoms with Gasteiger partial charge in [-0.3, -0.25) is 0 Å². The van der Waals surface area contributed by atoms with Gasteiger partial charge >= 0.3 is 0 Å². The first-order valence-electron chi connectivity index (χ1n) is 5.35. The summed E-state index contributed by atoms with van der Waals surface area (Å²) in [5.74, 6) is 1.67. The summed E-state index contributed by atoms with van der Waals surface area (Å²) < 4.78 is 5.46. The van der Waals surface area contributed by atoms with Crippen LogP contribution < -0.4 is 0 Å². The molecule has 0 radical (unpaired) electrons. The van der Waals surface area contributed by atoms with Crippen LogP contribution in [-0.2, 0) is 4.74 Å². The summed E-state index contributed by atoms with van der Waals surface area (Å²) in [6.07, 6.45) is 0. The van der Waals surface area contributed by atoms with Crippen LogP contribution in [0, 0.1) is 17.3 Å². The zero-order valence-corrected chi connectivity index (χ0v) is 9.05. The molecule has 2 atom stereocenters. The Morgan fingerprint density at radius 1 is 1.15 bits per heavy atom. The van der Waals surface area contributed by atoms with Crippen molar-refractivity contribution in [2.75, 3.05) is 32.8 Å². The van der Waals surface area contributed by atoms with E-state index in [1.54, 1.807) is 0 Å². The fourth-order valence-electron chi connectivity index (χ4n) is 2.58. The highest BCUT2D eigenvalue weighted by Gasteiger charge is 2.37. The molecule has 2 fully saturated rings. The van der Waals surface area contributed by atoms with E-state index < -0.39 is 0 Å². The molecule has 0 aliphatic carbocycles. The molecule has 2 heterocycles. The molecular weight excluding hydrogens is 162 g/mol. The summed E-state index contributed by atoms with van der Waals surface area (Å²) in [6.45, 7) is 12.7.